The maximum atomic E-state index is 8.68. The van der Waals surface area contributed by atoms with E-state index in [4.69, 9.17) is 9.84 Å². The van der Waals surface area contributed by atoms with E-state index in [1.54, 1.807) is 7.11 Å². The van der Waals surface area contributed by atoms with E-state index in [0.29, 0.717) is 0 Å². The van der Waals surface area contributed by atoms with Crippen LogP contribution in [0.3, 0.4) is 0 Å². The monoisotopic (exact) mass is 236 g/mol. The molecule has 0 atom stereocenters. The Morgan fingerprint density at radius 3 is 2.88 bits per heavy atom. The summed E-state index contributed by atoms with van der Waals surface area (Å²) in [5.41, 5.74) is 2.07. The van der Waals surface area contributed by atoms with Crippen LogP contribution in [-0.4, -0.2) is 24.6 Å². The van der Waals surface area contributed by atoms with Crippen molar-refractivity contribution in [3.8, 4) is 17.6 Å². The zero-order valence-corrected chi connectivity index (χ0v) is 10.4. The third kappa shape index (κ3) is 3.80. The molecule has 1 aromatic rings. The van der Waals surface area contributed by atoms with Crippen molar-refractivity contribution in [2.45, 2.75) is 12.7 Å². The molecule has 0 amide bonds. The first-order valence-electron chi connectivity index (χ1n) is 5.16. The van der Waals surface area contributed by atoms with Crippen molar-refractivity contribution in [2.24, 2.45) is 0 Å². The van der Waals surface area contributed by atoms with Crippen molar-refractivity contribution >= 4 is 11.8 Å². The molecule has 0 unspecified atom stereocenters. The summed E-state index contributed by atoms with van der Waals surface area (Å²) in [6.07, 6.45) is 0. The molecule has 0 fully saturated rings. The lowest BCUT2D eigenvalue weighted by Gasteiger charge is -2.06. The molecule has 16 heavy (non-hydrogen) atoms. The van der Waals surface area contributed by atoms with Crippen LogP contribution in [0.2, 0.25) is 0 Å². The Hall–Kier alpha value is -1.11. The fraction of sp³-hybridized carbons (Fsp3) is 0.385. The Labute approximate surface area is 101 Å². The minimum atomic E-state index is -0.128. The van der Waals surface area contributed by atoms with Crippen molar-refractivity contribution in [3.05, 3.63) is 29.3 Å². The molecule has 0 saturated carbocycles. The van der Waals surface area contributed by atoms with Crippen LogP contribution in [0.25, 0.3) is 0 Å². The number of hydrogen-bond donors (Lipinski definition) is 1. The Bertz CT molecular complexity index is 391. The zero-order chi connectivity index (χ0) is 11.8. The highest BCUT2D eigenvalue weighted by molar-refractivity contribution is 7.98. The molecule has 0 aliphatic rings. The van der Waals surface area contributed by atoms with Gasteiger partial charge >= 0.3 is 0 Å². The Morgan fingerprint density at radius 2 is 2.25 bits per heavy atom. The maximum Gasteiger partial charge on any atom is 0.134 e. The topological polar surface area (TPSA) is 29.5 Å². The fourth-order valence-corrected chi connectivity index (χ4v) is 1.92. The predicted octanol–water partition coefficient (Wildman–Crippen LogP) is 2.29. The molecular formula is C13H16O2S. The molecule has 0 saturated heterocycles. The Kier molecular flexibility index (Phi) is 5.84. The number of hydrogen-bond acceptors (Lipinski definition) is 3. The SMILES string of the molecule is CCSCc1ccc(OC)c(C#CCO)c1. The standard InChI is InChI=1S/C13H16O2S/c1-3-16-10-11-6-7-13(15-2)12(9-11)5-4-8-14/h6-7,9,14H,3,8,10H2,1-2H3. The van der Waals surface area contributed by atoms with Gasteiger partial charge in [-0.1, -0.05) is 24.8 Å². The minimum absolute atomic E-state index is 0.128. The van der Waals surface area contributed by atoms with E-state index in [0.717, 1.165) is 22.8 Å². The molecule has 1 N–H and O–H groups in total. The largest absolute Gasteiger partial charge is 0.495 e. The van der Waals surface area contributed by atoms with Crippen LogP contribution in [0.4, 0.5) is 0 Å². The number of thioether (sulfide) groups is 1. The van der Waals surface area contributed by atoms with Crippen LogP contribution in [-0.2, 0) is 5.75 Å². The van der Waals surface area contributed by atoms with Crippen molar-refractivity contribution in [1.29, 1.82) is 0 Å². The summed E-state index contributed by atoms with van der Waals surface area (Å²) in [5, 5.41) is 8.68. The van der Waals surface area contributed by atoms with Gasteiger partial charge in [-0.05, 0) is 23.4 Å². The summed E-state index contributed by atoms with van der Waals surface area (Å²) in [4.78, 5) is 0. The van der Waals surface area contributed by atoms with Gasteiger partial charge in [0.1, 0.15) is 12.4 Å². The van der Waals surface area contributed by atoms with Gasteiger partial charge in [0.2, 0.25) is 0 Å². The fourth-order valence-electron chi connectivity index (χ4n) is 1.30. The summed E-state index contributed by atoms with van der Waals surface area (Å²) in [6.45, 7) is 2.01. The average Bonchev–Trinajstić information content (AvgIpc) is 2.33. The van der Waals surface area contributed by atoms with E-state index in [9.17, 15) is 0 Å². The van der Waals surface area contributed by atoms with Gasteiger partial charge in [0.05, 0.1) is 12.7 Å². The number of aliphatic hydroxyl groups excluding tert-OH is 1. The second kappa shape index (κ2) is 7.21. The first-order valence-corrected chi connectivity index (χ1v) is 6.31. The van der Waals surface area contributed by atoms with Gasteiger partial charge in [-0.15, -0.1) is 0 Å². The first-order chi connectivity index (χ1) is 7.81. The van der Waals surface area contributed by atoms with Crippen LogP contribution < -0.4 is 4.74 Å². The van der Waals surface area contributed by atoms with Crippen molar-refractivity contribution in [3.63, 3.8) is 0 Å². The summed E-state index contributed by atoms with van der Waals surface area (Å²) in [7, 11) is 1.62. The molecule has 1 aromatic carbocycles. The number of ether oxygens (including phenoxy) is 1. The second-order valence-electron chi connectivity index (χ2n) is 3.13. The van der Waals surface area contributed by atoms with E-state index in [2.05, 4.69) is 18.8 Å². The molecule has 86 valence electrons. The lowest BCUT2D eigenvalue weighted by Crippen LogP contribution is -1.91. The van der Waals surface area contributed by atoms with Gasteiger partial charge in [0.25, 0.3) is 0 Å². The number of aliphatic hydroxyl groups is 1. The molecule has 0 aromatic heterocycles. The summed E-state index contributed by atoms with van der Waals surface area (Å²) in [5.74, 6) is 8.37. The zero-order valence-electron chi connectivity index (χ0n) is 9.62. The summed E-state index contributed by atoms with van der Waals surface area (Å²) in [6, 6.07) is 5.99. The van der Waals surface area contributed by atoms with Crippen molar-refractivity contribution in [1.82, 2.24) is 0 Å². The van der Waals surface area contributed by atoms with Crippen molar-refractivity contribution in [2.75, 3.05) is 19.5 Å². The Morgan fingerprint density at radius 1 is 1.44 bits per heavy atom. The lowest BCUT2D eigenvalue weighted by atomic mass is 10.1. The molecular weight excluding hydrogens is 220 g/mol. The van der Waals surface area contributed by atoms with Gasteiger partial charge in [0.15, 0.2) is 0 Å². The molecule has 0 radical (unpaired) electrons. The van der Waals surface area contributed by atoms with Crippen molar-refractivity contribution < 1.29 is 9.84 Å². The predicted molar refractivity (Wildman–Crippen MR) is 68.8 cm³/mol. The van der Waals surface area contributed by atoms with Gasteiger partial charge in [0, 0.05) is 5.75 Å². The molecule has 0 heterocycles. The molecule has 0 aliphatic carbocycles. The molecule has 2 nitrogen and oxygen atoms in total. The minimum Gasteiger partial charge on any atom is -0.495 e. The van der Waals surface area contributed by atoms with Crippen LogP contribution in [0.5, 0.6) is 5.75 Å². The highest BCUT2D eigenvalue weighted by Crippen LogP contribution is 2.21. The molecule has 0 bridgehead atoms. The van der Waals surface area contributed by atoms with Crippen LogP contribution in [0.1, 0.15) is 18.1 Å². The molecule has 0 aliphatic heterocycles. The third-order valence-corrected chi connectivity index (χ3v) is 2.98. The molecule has 3 heteroatoms. The third-order valence-electron chi connectivity index (χ3n) is 2.04. The summed E-state index contributed by atoms with van der Waals surface area (Å²) >= 11 is 1.87. The van der Waals surface area contributed by atoms with Gasteiger partial charge in [-0.25, -0.2) is 0 Å². The summed E-state index contributed by atoms with van der Waals surface area (Å²) < 4.78 is 5.21. The second-order valence-corrected chi connectivity index (χ2v) is 4.41. The molecule has 1 rings (SSSR count). The van der Waals surface area contributed by atoms with E-state index in [-0.39, 0.29) is 6.61 Å². The number of methoxy groups -OCH3 is 1. The number of rotatable bonds is 4. The van der Waals surface area contributed by atoms with Crippen LogP contribution >= 0.6 is 11.8 Å². The van der Waals surface area contributed by atoms with Crippen LogP contribution in [0, 0.1) is 11.8 Å². The van der Waals surface area contributed by atoms with Gasteiger partial charge in [-0.2, -0.15) is 11.8 Å². The quantitative estimate of drug-likeness (QED) is 0.813. The highest BCUT2D eigenvalue weighted by Gasteiger charge is 2.01. The number of benzene rings is 1. The highest BCUT2D eigenvalue weighted by atomic mass is 32.2. The Balaban J connectivity index is 2.92. The van der Waals surface area contributed by atoms with Gasteiger partial charge < -0.3 is 9.84 Å². The first kappa shape index (κ1) is 13.0. The molecule has 0 spiro atoms. The van der Waals surface area contributed by atoms with Gasteiger partial charge in [-0.3, -0.25) is 0 Å². The van der Waals surface area contributed by atoms with E-state index in [1.807, 2.05) is 30.0 Å². The van der Waals surface area contributed by atoms with E-state index < -0.39 is 0 Å². The van der Waals surface area contributed by atoms with E-state index in [1.165, 1.54) is 5.56 Å². The smallest absolute Gasteiger partial charge is 0.134 e. The normalized spacial score (nSPS) is 9.44. The maximum absolute atomic E-state index is 8.68. The lowest BCUT2D eigenvalue weighted by molar-refractivity contribution is 0.350. The average molecular weight is 236 g/mol. The van der Waals surface area contributed by atoms with E-state index >= 15 is 0 Å². The van der Waals surface area contributed by atoms with Crippen LogP contribution in [0.15, 0.2) is 18.2 Å².